The Morgan fingerprint density at radius 3 is 2.52 bits per heavy atom. The SMILES string of the molecule is CS(=O)(=O)c1ccccc1Cn1cc(Cl)cc(C(N)=O)c1=N.Cl. The number of benzene rings is 1. The van der Waals surface area contributed by atoms with Crippen molar-refractivity contribution >= 4 is 39.8 Å². The van der Waals surface area contributed by atoms with E-state index < -0.39 is 15.7 Å². The number of halogens is 2. The summed E-state index contributed by atoms with van der Waals surface area (Å²) in [6, 6.07) is 7.78. The van der Waals surface area contributed by atoms with E-state index in [2.05, 4.69) is 0 Å². The van der Waals surface area contributed by atoms with Gasteiger partial charge in [-0.25, -0.2) is 8.42 Å². The third kappa shape index (κ3) is 4.34. The average Bonchev–Trinajstić information content (AvgIpc) is 2.41. The van der Waals surface area contributed by atoms with Gasteiger partial charge in [0.15, 0.2) is 9.84 Å². The molecule has 0 saturated carbocycles. The van der Waals surface area contributed by atoms with Gasteiger partial charge in [0.2, 0.25) is 0 Å². The van der Waals surface area contributed by atoms with Crippen molar-refractivity contribution in [2.24, 2.45) is 5.73 Å². The lowest BCUT2D eigenvalue weighted by Gasteiger charge is -2.12. The Morgan fingerprint density at radius 1 is 1.35 bits per heavy atom. The maximum Gasteiger partial charge on any atom is 0.252 e. The Hall–Kier alpha value is -1.83. The van der Waals surface area contributed by atoms with Crippen molar-refractivity contribution in [3.63, 3.8) is 0 Å². The average molecular weight is 376 g/mol. The molecule has 3 N–H and O–H groups in total. The number of carbonyl (C=O) groups excluding carboxylic acids is 1. The molecule has 0 saturated heterocycles. The molecule has 0 aliphatic rings. The Bertz CT molecular complexity index is 908. The summed E-state index contributed by atoms with van der Waals surface area (Å²) in [7, 11) is -3.40. The molecule has 1 aromatic heterocycles. The summed E-state index contributed by atoms with van der Waals surface area (Å²) >= 11 is 5.93. The molecule has 1 aromatic carbocycles. The third-order valence-electron chi connectivity index (χ3n) is 3.08. The Morgan fingerprint density at radius 2 is 1.96 bits per heavy atom. The molecule has 0 spiro atoms. The zero-order valence-electron chi connectivity index (χ0n) is 12.1. The summed E-state index contributed by atoms with van der Waals surface area (Å²) in [6.07, 6.45) is 2.57. The highest BCUT2D eigenvalue weighted by atomic mass is 35.5. The molecule has 2 rings (SSSR count). The first-order chi connectivity index (χ1) is 10.2. The van der Waals surface area contributed by atoms with E-state index in [0.29, 0.717) is 5.56 Å². The topological polar surface area (TPSA) is 106 Å². The van der Waals surface area contributed by atoms with Crippen molar-refractivity contribution in [3.05, 3.63) is 58.2 Å². The summed E-state index contributed by atoms with van der Waals surface area (Å²) in [5.41, 5.74) is 5.57. The number of primary amides is 1. The van der Waals surface area contributed by atoms with Gasteiger partial charge in [-0.05, 0) is 17.7 Å². The molecule has 6 nitrogen and oxygen atoms in total. The molecular weight excluding hydrogens is 361 g/mol. The van der Waals surface area contributed by atoms with Crippen LogP contribution in [0.1, 0.15) is 15.9 Å². The summed E-state index contributed by atoms with van der Waals surface area (Å²) in [4.78, 5) is 11.5. The van der Waals surface area contributed by atoms with Crippen LogP contribution in [0.4, 0.5) is 0 Å². The summed E-state index contributed by atoms with van der Waals surface area (Å²) in [5.74, 6) is -0.766. The van der Waals surface area contributed by atoms with Gasteiger partial charge < -0.3 is 10.3 Å². The predicted molar refractivity (Wildman–Crippen MR) is 89.7 cm³/mol. The fourth-order valence-electron chi connectivity index (χ4n) is 2.10. The number of nitrogens with two attached hydrogens (primary N) is 1. The maximum absolute atomic E-state index is 11.8. The van der Waals surface area contributed by atoms with E-state index in [1.165, 1.54) is 22.9 Å². The molecule has 1 heterocycles. The van der Waals surface area contributed by atoms with Crippen molar-refractivity contribution in [1.29, 1.82) is 5.41 Å². The first-order valence-corrected chi connectivity index (χ1v) is 8.49. The van der Waals surface area contributed by atoms with Gasteiger partial charge >= 0.3 is 0 Å². The van der Waals surface area contributed by atoms with Crippen LogP contribution in [0.5, 0.6) is 0 Å². The van der Waals surface area contributed by atoms with E-state index in [1.807, 2.05) is 0 Å². The highest BCUT2D eigenvalue weighted by molar-refractivity contribution is 7.90. The number of hydrogen-bond donors (Lipinski definition) is 2. The number of sulfone groups is 1. The van der Waals surface area contributed by atoms with E-state index in [1.54, 1.807) is 18.2 Å². The van der Waals surface area contributed by atoms with E-state index in [0.717, 1.165) is 6.26 Å². The van der Waals surface area contributed by atoms with Crippen LogP contribution in [-0.2, 0) is 16.4 Å². The molecule has 0 bridgehead atoms. The molecular formula is C14H15Cl2N3O3S. The lowest BCUT2D eigenvalue weighted by atomic mass is 10.2. The highest BCUT2D eigenvalue weighted by Gasteiger charge is 2.14. The van der Waals surface area contributed by atoms with Crippen LogP contribution in [0.25, 0.3) is 0 Å². The van der Waals surface area contributed by atoms with E-state index in [-0.39, 0.29) is 39.9 Å². The van der Waals surface area contributed by atoms with E-state index in [4.69, 9.17) is 22.7 Å². The van der Waals surface area contributed by atoms with Crippen LogP contribution in [0.3, 0.4) is 0 Å². The van der Waals surface area contributed by atoms with Gasteiger partial charge in [-0.2, -0.15) is 0 Å². The monoisotopic (exact) mass is 375 g/mol. The summed E-state index contributed by atoms with van der Waals surface area (Å²) < 4.78 is 25.0. The molecule has 0 aliphatic carbocycles. The fourth-order valence-corrected chi connectivity index (χ4v) is 3.27. The van der Waals surface area contributed by atoms with Crippen LogP contribution >= 0.6 is 24.0 Å². The normalized spacial score (nSPS) is 10.9. The minimum Gasteiger partial charge on any atom is -0.365 e. The second-order valence-corrected chi connectivity index (χ2v) is 7.21. The predicted octanol–water partition coefficient (Wildman–Crippen LogP) is 1.59. The minimum atomic E-state index is -3.40. The van der Waals surface area contributed by atoms with Crippen molar-refractivity contribution < 1.29 is 13.2 Å². The number of carbonyl (C=O) groups is 1. The number of aromatic nitrogens is 1. The number of nitrogens with zero attached hydrogens (tertiary/aromatic N) is 1. The zero-order chi connectivity index (χ0) is 16.5. The lowest BCUT2D eigenvalue weighted by molar-refractivity contribution is 0.0997. The standard InChI is InChI=1S/C14H14ClN3O3S.ClH/c1-22(20,21)12-5-3-2-4-9(12)7-18-8-10(15)6-11(13(18)16)14(17)19;/h2-6,8,16H,7H2,1H3,(H2,17,19);1H. The molecule has 23 heavy (non-hydrogen) atoms. The van der Waals surface area contributed by atoms with Crippen LogP contribution in [-0.4, -0.2) is 25.1 Å². The Balaban J connectivity index is 0.00000264. The molecule has 0 aliphatic heterocycles. The van der Waals surface area contributed by atoms with Crippen LogP contribution in [0.2, 0.25) is 5.02 Å². The maximum atomic E-state index is 11.8. The fraction of sp³-hybridized carbons (Fsp3) is 0.143. The van der Waals surface area contributed by atoms with E-state index >= 15 is 0 Å². The van der Waals surface area contributed by atoms with Crippen LogP contribution in [0, 0.1) is 5.41 Å². The second-order valence-electron chi connectivity index (χ2n) is 4.79. The molecule has 0 radical (unpaired) electrons. The van der Waals surface area contributed by atoms with Crippen molar-refractivity contribution in [1.82, 2.24) is 4.57 Å². The smallest absolute Gasteiger partial charge is 0.252 e. The zero-order valence-corrected chi connectivity index (χ0v) is 14.5. The van der Waals surface area contributed by atoms with Crippen molar-refractivity contribution in [3.8, 4) is 0 Å². The molecule has 124 valence electrons. The first kappa shape index (κ1) is 19.2. The van der Waals surface area contributed by atoms with Crippen LogP contribution in [0.15, 0.2) is 41.4 Å². The second kappa shape index (κ2) is 7.16. The van der Waals surface area contributed by atoms with Gasteiger partial charge in [0.25, 0.3) is 5.91 Å². The van der Waals surface area contributed by atoms with E-state index in [9.17, 15) is 13.2 Å². The summed E-state index contributed by atoms with van der Waals surface area (Å²) in [6.45, 7) is 0.0862. The lowest BCUT2D eigenvalue weighted by Crippen LogP contribution is -2.30. The first-order valence-electron chi connectivity index (χ1n) is 6.22. The minimum absolute atomic E-state index is 0. The molecule has 0 unspecified atom stereocenters. The largest absolute Gasteiger partial charge is 0.365 e. The number of pyridine rings is 1. The molecule has 0 fully saturated rings. The number of amides is 1. The number of hydrogen-bond acceptors (Lipinski definition) is 4. The number of nitrogens with one attached hydrogen (secondary N) is 1. The summed E-state index contributed by atoms with van der Waals surface area (Å²) in [5, 5.41) is 8.24. The van der Waals surface area contributed by atoms with Gasteiger partial charge in [-0.3, -0.25) is 10.2 Å². The Labute approximate surface area is 144 Å². The molecule has 9 heteroatoms. The molecule has 1 amide bonds. The van der Waals surface area contributed by atoms with Crippen molar-refractivity contribution in [2.45, 2.75) is 11.4 Å². The Kier molecular flexibility index (Phi) is 5.98. The quantitative estimate of drug-likeness (QED) is 0.846. The van der Waals surface area contributed by atoms with Gasteiger partial charge in [0, 0.05) is 12.5 Å². The van der Waals surface area contributed by atoms with Gasteiger partial charge in [0.05, 0.1) is 22.0 Å². The molecule has 0 atom stereocenters. The van der Waals surface area contributed by atoms with Gasteiger partial charge in [-0.15, -0.1) is 12.4 Å². The highest BCUT2D eigenvalue weighted by Crippen LogP contribution is 2.17. The van der Waals surface area contributed by atoms with Gasteiger partial charge in [0.1, 0.15) is 5.49 Å². The van der Waals surface area contributed by atoms with Gasteiger partial charge in [-0.1, -0.05) is 29.8 Å². The number of rotatable bonds is 4. The van der Waals surface area contributed by atoms with Crippen LogP contribution < -0.4 is 11.2 Å². The third-order valence-corrected chi connectivity index (χ3v) is 4.49. The molecule has 2 aromatic rings. The van der Waals surface area contributed by atoms with Crippen molar-refractivity contribution in [2.75, 3.05) is 6.26 Å².